The van der Waals surface area contributed by atoms with E-state index in [1.807, 2.05) is 6.07 Å². The second kappa shape index (κ2) is 4.52. The third-order valence-electron chi connectivity index (χ3n) is 3.98. The Hall–Kier alpha value is -1.31. The summed E-state index contributed by atoms with van der Waals surface area (Å²) >= 11 is 0. The first kappa shape index (κ1) is 12.2. The second-order valence-electron chi connectivity index (χ2n) is 5.40. The maximum atomic E-state index is 11.4. The van der Waals surface area contributed by atoms with Gasteiger partial charge in [0.05, 0.1) is 5.92 Å². The van der Waals surface area contributed by atoms with Gasteiger partial charge in [0.1, 0.15) is 0 Å². The third-order valence-corrected chi connectivity index (χ3v) is 3.98. The van der Waals surface area contributed by atoms with E-state index in [-0.39, 0.29) is 11.8 Å². The Kier molecular flexibility index (Phi) is 3.23. The van der Waals surface area contributed by atoms with Gasteiger partial charge in [0.2, 0.25) is 0 Å². The van der Waals surface area contributed by atoms with Crippen LogP contribution in [-0.2, 0) is 11.2 Å². The molecular weight excluding hydrogens is 212 g/mol. The molecule has 2 nitrogen and oxygen atoms in total. The molecule has 1 aromatic rings. The van der Waals surface area contributed by atoms with Gasteiger partial charge in [-0.15, -0.1) is 0 Å². The van der Waals surface area contributed by atoms with E-state index in [0.717, 1.165) is 12.8 Å². The monoisotopic (exact) mass is 232 g/mol. The van der Waals surface area contributed by atoms with Crippen LogP contribution in [0.1, 0.15) is 42.9 Å². The van der Waals surface area contributed by atoms with Gasteiger partial charge in [-0.25, -0.2) is 0 Å². The first-order valence-electron chi connectivity index (χ1n) is 6.33. The lowest BCUT2D eigenvalue weighted by molar-refractivity contribution is -0.143. The maximum Gasteiger partial charge on any atom is 0.307 e. The lowest BCUT2D eigenvalue weighted by atomic mass is 9.69. The predicted octanol–water partition coefficient (Wildman–Crippen LogP) is 3.38. The van der Waals surface area contributed by atoms with Gasteiger partial charge >= 0.3 is 5.97 Å². The van der Waals surface area contributed by atoms with Crippen molar-refractivity contribution in [3.8, 4) is 0 Å². The van der Waals surface area contributed by atoms with Crippen LogP contribution in [0.3, 0.4) is 0 Å². The summed E-state index contributed by atoms with van der Waals surface area (Å²) in [4.78, 5) is 11.4. The molecule has 1 aliphatic carbocycles. The average Bonchev–Trinajstić information content (AvgIpc) is 2.27. The SMILES string of the molecule is Cc1cccc2c1CCC(C(=O)O)C2C(C)C. The molecule has 0 radical (unpaired) electrons. The summed E-state index contributed by atoms with van der Waals surface area (Å²) in [5, 5.41) is 9.35. The number of carboxylic acids is 1. The highest BCUT2D eigenvalue weighted by Crippen LogP contribution is 2.41. The van der Waals surface area contributed by atoms with Gasteiger partial charge in [-0.05, 0) is 48.3 Å². The number of fused-ring (bicyclic) bond motifs is 1. The zero-order valence-corrected chi connectivity index (χ0v) is 10.7. The van der Waals surface area contributed by atoms with Crippen LogP contribution in [0.25, 0.3) is 0 Å². The molecule has 92 valence electrons. The van der Waals surface area contributed by atoms with Gasteiger partial charge in [0.15, 0.2) is 0 Å². The fourth-order valence-corrected chi connectivity index (χ4v) is 3.18. The minimum absolute atomic E-state index is 0.163. The van der Waals surface area contributed by atoms with Crippen molar-refractivity contribution in [2.75, 3.05) is 0 Å². The van der Waals surface area contributed by atoms with E-state index in [4.69, 9.17) is 0 Å². The summed E-state index contributed by atoms with van der Waals surface area (Å²) in [5.74, 6) is -0.326. The van der Waals surface area contributed by atoms with E-state index in [2.05, 4.69) is 32.9 Å². The molecule has 0 aliphatic heterocycles. The molecule has 2 atom stereocenters. The molecule has 0 heterocycles. The second-order valence-corrected chi connectivity index (χ2v) is 5.40. The number of carbonyl (C=O) groups is 1. The molecule has 1 N–H and O–H groups in total. The highest BCUT2D eigenvalue weighted by atomic mass is 16.4. The molecule has 0 spiro atoms. The fraction of sp³-hybridized carbons (Fsp3) is 0.533. The minimum Gasteiger partial charge on any atom is -0.481 e. The predicted molar refractivity (Wildman–Crippen MR) is 68.2 cm³/mol. The van der Waals surface area contributed by atoms with Gasteiger partial charge < -0.3 is 5.11 Å². The highest BCUT2D eigenvalue weighted by molar-refractivity contribution is 5.72. The Bertz CT molecular complexity index is 435. The van der Waals surface area contributed by atoms with Crippen molar-refractivity contribution < 1.29 is 9.90 Å². The Labute approximate surface area is 103 Å². The first-order chi connectivity index (χ1) is 8.02. The number of aryl methyl sites for hydroxylation is 1. The molecule has 0 saturated carbocycles. The topological polar surface area (TPSA) is 37.3 Å². The Balaban J connectivity index is 2.50. The van der Waals surface area contributed by atoms with Crippen molar-refractivity contribution in [2.24, 2.45) is 11.8 Å². The van der Waals surface area contributed by atoms with Gasteiger partial charge in [0, 0.05) is 0 Å². The zero-order chi connectivity index (χ0) is 12.6. The van der Waals surface area contributed by atoms with Crippen molar-refractivity contribution in [1.82, 2.24) is 0 Å². The molecule has 0 amide bonds. The lowest BCUT2D eigenvalue weighted by Crippen LogP contribution is -2.30. The van der Waals surface area contributed by atoms with Crippen molar-refractivity contribution in [2.45, 2.75) is 39.5 Å². The van der Waals surface area contributed by atoms with Crippen molar-refractivity contribution >= 4 is 5.97 Å². The molecule has 0 aromatic heterocycles. The largest absolute Gasteiger partial charge is 0.481 e. The number of hydrogen-bond donors (Lipinski definition) is 1. The first-order valence-corrected chi connectivity index (χ1v) is 6.33. The summed E-state index contributed by atoms with van der Waals surface area (Å²) in [5.41, 5.74) is 3.94. The fourth-order valence-electron chi connectivity index (χ4n) is 3.18. The molecule has 0 bridgehead atoms. The van der Waals surface area contributed by atoms with E-state index < -0.39 is 5.97 Å². The van der Waals surface area contributed by atoms with Crippen LogP contribution in [0.4, 0.5) is 0 Å². The van der Waals surface area contributed by atoms with Crippen LogP contribution < -0.4 is 0 Å². The molecule has 17 heavy (non-hydrogen) atoms. The molecule has 1 aromatic carbocycles. The molecule has 0 saturated heterocycles. The van der Waals surface area contributed by atoms with E-state index >= 15 is 0 Å². The van der Waals surface area contributed by atoms with Crippen molar-refractivity contribution in [3.63, 3.8) is 0 Å². The Morgan fingerprint density at radius 3 is 2.71 bits per heavy atom. The molecule has 2 unspecified atom stereocenters. The van der Waals surface area contributed by atoms with E-state index in [1.54, 1.807) is 0 Å². The molecule has 0 fully saturated rings. The smallest absolute Gasteiger partial charge is 0.307 e. The number of benzene rings is 1. The molecule has 2 rings (SSSR count). The minimum atomic E-state index is -0.643. The highest BCUT2D eigenvalue weighted by Gasteiger charge is 2.36. The van der Waals surface area contributed by atoms with E-state index in [9.17, 15) is 9.90 Å². The number of carboxylic acid groups (broad SMARTS) is 1. The summed E-state index contributed by atoms with van der Waals surface area (Å²) in [7, 11) is 0. The van der Waals surface area contributed by atoms with Crippen LogP contribution in [-0.4, -0.2) is 11.1 Å². The van der Waals surface area contributed by atoms with Crippen molar-refractivity contribution in [1.29, 1.82) is 0 Å². The normalized spacial score (nSPS) is 23.5. The zero-order valence-electron chi connectivity index (χ0n) is 10.7. The summed E-state index contributed by atoms with van der Waals surface area (Å²) in [6.45, 7) is 6.37. The summed E-state index contributed by atoms with van der Waals surface area (Å²) in [6.07, 6.45) is 1.68. The van der Waals surface area contributed by atoms with E-state index in [0.29, 0.717) is 5.92 Å². The van der Waals surface area contributed by atoms with Gasteiger partial charge in [0.25, 0.3) is 0 Å². The lowest BCUT2D eigenvalue weighted by Gasteiger charge is -2.34. The van der Waals surface area contributed by atoms with Gasteiger partial charge in [-0.2, -0.15) is 0 Å². The van der Waals surface area contributed by atoms with Crippen LogP contribution in [0.15, 0.2) is 18.2 Å². The molecule has 2 heteroatoms. The summed E-state index contributed by atoms with van der Waals surface area (Å²) < 4.78 is 0. The van der Waals surface area contributed by atoms with Crippen LogP contribution in [0, 0.1) is 18.8 Å². The number of rotatable bonds is 2. The standard InChI is InChI=1S/C15H20O2/c1-9(2)14-12-6-4-5-10(3)11(12)7-8-13(14)15(16)17/h4-6,9,13-14H,7-8H2,1-3H3,(H,16,17). The number of aliphatic carboxylic acids is 1. The molecular formula is C15H20O2. The van der Waals surface area contributed by atoms with Gasteiger partial charge in [-0.1, -0.05) is 32.0 Å². The molecule has 1 aliphatic rings. The van der Waals surface area contributed by atoms with Gasteiger partial charge in [-0.3, -0.25) is 4.79 Å². The van der Waals surface area contributed by atoms with Crippen molar-refractivity contribution in [3.05, 3.63) is 34.9 Å². The van der Waals surface area contributed by atoms with Crippen LogP contribution >= 0.6 is 0 Å². The maximum absolute atomic E-state index is 11.4. The summed E-state index contributed by atoms with van der Waals surface area (Å²) in [6, 6.07) is 6.28. The number of hydrogen-bond acceptors (Lipinski definition) is 1. The third kappa shape index (κ3) is 2.08. The average molecular weight is 232 g/mol. The Morgan fingerprint density at radius 2 is 2.12 bits per heavy atom. The quantitative estimate of drug-likeness (QED) is 0.848. The van der Waals surface area contributed by atoms with Crippen LogP contribution in [0.2, 0.25) is 0 Å². The Morgan fingerprint density at radius 1 is 1.41 bits per heavy atom. The van der Waals surface area contributed by atoms with Crippen LogP contribution in [0.5, 0.6) is 0 Å². The van der Waals surface area contributed by atoms with E-state index in [1.165, 1.54) is 16.7 Å².